The number of nitrogens with zero attached hydrogens (tertiary/aromatic N) is 4. The van der Waals surface area contributed by atoms with Gasteiger partial charge in [0.05, 0.1) is 28.9 Å². The SMILES string of the molecule is CC(C)(C)OC(=O)N1CC[C@H](n2c(=O)c(-c3c(F)cccc3F)cc3cnc(Nc4ccc(F)cn4)cc32)C1. The van der Waals surface area contributed by atoms with Crippen LogP contribution in [0.4, 0.5) is 29.6 Å². The van der Waals surface area contributed by atoms with Gasteiger partial charge in [0.2, 0.25) is 0 Å². The lowest BCUT2D eigenvalue weighted by atomic mass is 10.0. The number of rotatable bonds is 4. The minimum atomic E-state index is -0.867. The molecule has 4 aromatic rings. The van der Waals surface area contributed by atoms with Crippen molar-refractivity contribution in [2.24, 2.45) is 0 Å². The van der Waals surface area contributed by atoms with E-state index < -0.39 is 46.3 Å². The van der Waals surface area contributed by atoms with Gasteiger partial charge in [-0.15, -0.1) is 0 Å². The highest BCUT2D eigenvalue weighted by molar-refractivity contribution is 5.86. The molecule has 4 heterocycles. The van der Waals surface area contributed by atoms with Crippen LogP contribution >= 0.6 is 0 Å². The first-order chi connectivity index (χ1) is 18.5. The van der Waals surface area contributed by atoms with Gasteiger partial charge in [0, 0.05) is 30.7 Å². The molecule has 0 aliphatic carbocycles. The predicted octanol–water partition coefficient (Wildman–Crippen LogP) is 5.80. The monoisotopic (exact) mass is 537 g/mol. The Kier molecular flexibility index (Phi) is 6.75. The van der Waals surface area contributed by atoms with Crippen LogP contribution < -0.4 is 10.9 Å². The van der Waals surface area contributed by atoms with Crippen molar-refractivity contribution in [3.8, 4) is 11.1 Å². The molecule has 0 saturated carbocycles. The van der Waals surface area contributed by atoms with Crippen LogP contribution in [0.3, 0.4) is 0 Å². The molecule has 202 valence electrons. The lowest BCUT2D eigenvalue weighted by molar-refractivity contribution is 0.0289. The summed E-state index contributed by atoms with van der Waals surface area (Å²) in [7, 11) is 0. The maximum atomic E-state index is 14.8. The second-order valence-electron chi connectivity index (χ2n) is 10.3. The van der Waals surface area contributed by atoms with Crippen LogP contribution in [0.25, 0.3) is 22.0 Å². The number of carbonyl (C=O) groups is 1. The number of ether oxygens (including phenoxy) is 1. The molecule has 1 aromatic carbocycles. The summed E-state index contributed by atoms with van der Waals surface area (Å²) in [4.78, 5) is 36.4. The fourth-order valence-corrected chi connectivity index (χ4v) is 4.62. The molecular formula is C28H26F3N5O3. The Morgan fingerprint density at radius 2 is 1.74 bits per heavy atom. The van der Waals surface area contributed by atoms with E-state index in [-0.39, 0.29) is 12.1 Å². The number of hydrogen-bond acceptors (Lipinski definition) is 6. The normalized spacial score (nSPS) is 15.5. The van der Waals surface area contributed by atoms with Gasteiger partial charge in [-0.1, -0.05) is 6.07 Å². The zero-order valence-corrected chi connectivity index (χ0v) is 21.5. The number of amides is 1. The Hall–Kier alpha value is -4.41. The van der Waals surface area contributed by atoms with E-state index in [2.05, 4.69) is 15.3 Å². The summed E-state index contributed by atoms with van der Waals surface area (Å²) < 4.78 is 49.8. The summed E-state index contributed by atoms with van der Waals surface area (Å²) in [6.45, 7) is 5.79. The first kappa shape index (κ1) is 26.2. The summed E-state index contributed by atoms with van der Waals surface area (Å²) >= 11 is 0. The molecule has 0 radical (unpaired) electrons. The number of fused-ring (bicyclic) bond motifs is 1. The minimum absolute atomic E-state index is 0.156. The standard InChI is InChI=1S/C28H26F3N5O3/c1-28(2,3)39-27(38)35-10-9-18(15-35)36-22-12-24(34-23-8-7-17(29)14-33-23)32-13-16(22)11-19(26(36)37)25-20(30)5-4-6-21(25)31/h4-8,11-14,18H,9-10,15H2,1-3H3,(H,32,33,34)/t18-/m0/s1. The van der Waals surface area contributed by atoms with Gasteiger partial charge in [0.15, 0.2) is 0 Å². The van der Waals surface area contributed by atoms with Crippen molar-refractivity contribution in [2.75, 3.05) is 18.4 Å². The Morgan fingerprint density at radius 3 is 2.41 bits per heavy atom. The van der Waals surface area contributed by atoms with Crippen LogP contribution in [-0.4, -0.2) is 44.2 Å². The van der Waals surface area contributed by atoms with Crippen LogP contribution in [0.15, 0.2) is 59.7 Å². The highest BCUT2D eigenvalue weighted by Gasteiger charge is 2.33. The number of hydrogen-bond donors (Lipinski definition) is 1. The number of halogens is 3. The summed E-state index contributed by atoms with van der Waals surface area (Å²) in [6.07, 6.45) is 2.44. The molecule has 1 atom stereocenters. The maximum Gasteiger partial charge on any atom is 0.410 e. The topological polar surface area (TPSA) is 89.4 Å². The van der Waals surface area contributed by atoms with Gasteiger partial charge in [-0.3, -0.25) is 4.79 Å². The van der Waals surface area contributed by atoms with Gasteiger partial charge >= 0.3 is 6.09 Å². The van der Waals surface area contributed by atoms with Crippen molar-refractivity contribution in [3.05, 3.63) is 82.7 Å². The summed E-state index contributed by atoms with van der Waals surface area (Å²) in [5.74, 6) is -1.58. The quantitative estimate of drug-likeness (QED) is 0.354. The Morgan fingerprint density at radius 1 is 1.03 bits per heavy atom. The molecule has 5 rings (SSSR count). The molecule has 3 aromatic heterocycles. The van der Waals surface area contributed by atoms with Crippen molar-refractivity contribution >= 4 is 28.6 Å². The molecule has 1 aliphatic heterocycles. The molecule has 8 nitrogen and oxygen atoms in total. The third kappa shape index (κ3) is 5.43. The van der Waals surface area contributed by atoms with Gasteiger partial charge in [-0.2, -0.15) is 0 Å². The van der Waals surface area contributed by atoms with Gasteiger partial charge in [0.25, 0.3) is 5.56 Å². The lowest BCUT2D eigenvalue weighted by Gasteiger charge is -2.25. The molecule has 1 fully saturated rings. The van der Waals surface area contributed by atoms with E-state index in [0.717, 1.165) is 18.3 Å². The van der Waals surface area contributed by atoms with Crippen molar-refractivity contribution in [1.29, 1.82) is 0 Å². The van der Waals surface area contributed by atoms with E-state index in [1.54, 1.807) is 26.8 Å². The number of carbonyl (C=O) groups excluding carboxylic acids is 1. The molecule has 1 saturated heterocycles. The zero-order chi connectivity index (χ0) is 27.9. The smallest absolute Gasteiger partial charge is 0.410 e. The molecule has 1 amide bonds. The van der Waals surface area contributed by atoms with Crippen molar-refractivity contribution in [2.45, 2.75) is 38.8 Å². The molecule has 39 heavy (non-hydrogen) atoms. The highest BCUT2D eigenvalue weighted by atomic mass is 19.1. The number of benzene rings is 1. The zero-order valence-electron chi connectivity index (χ0n) is 21.5. The average Bonchev–Trinajstić information content (AvgIpc) is 3.35. The summed E-state index contributed by atoms with van der Waals surface area (Å²) in [5.41, 5.74) is -1.45. The number of likely N-dealkylation sites (tertiary alicyclic amines) is 1. The Labute approximate surface area is 222 Å². The van der Waals surface area contributed by atoms with E-state index in [0.29, 0.717) is 35.5 Å². The Bertz CT molecular complexity index is 1600. The summed E-state index contributed by atoms with van der Waals surface area (Å²) in [6, 6.07) is 8.61. The molecule has 1 N–H and O–H groups in total. The van der Waals surface area contributed by atoms with Crippen molar-refractivity contribution < 1.29 is 22.7 Å². The second-order valence-corrected chi connectivity index (χ2v) is 10.3. The molecule has 0 unspecified atom stereocenters. The van der Waals surface area contributed by atoms with E-state index in [4.69, 9.17) is 4.74 Å². The van der Waals surface area contributed by atoms with Crippen molar-refractivity contribution in [3.63, 3.8) is 0 Å². The van der Waals surface area contributed by atoms with Gasteiger partial charge in [-0.25, -0.2) is 27.9 Å². The number of nitrogens with one attached hydrogen (secondary N) is 1. The van der Waals surface area contributed by atoms with Crippen LogP contribution in [-0.2, 0) is 4.74 Å². The first-order valence-corrected chi connectivity index (χ1v) is 12.4. The van der Waals surface area contributed by atoms with Crippen LogP contribution in [0.1, 0.15) is 33.2 Å². The lowest BCUT2D eigenvalue weighted by Crippen LogP contribution is -2.36. The van der Waals surface area contributed by atoms with Crippen LogP contribution in [0.5, 0.6) is 0 Å². The molecule has 0 bridgehead atoms. The van der Waals surface area contributed by atoms with Crippen LogP contribution in [0, 0.1) is 17.5 Å². The predicted molar refractivity (Wildman–Crippen MR) is 140 cm³/mol. The molecule has 0 spiro atoms. The van der Waals surface area contributed by atoms with Gasteiger partial charge in [-0.05, 0) is 57.5 Å². The molecular weight excluding hydrogens is 511 g/mol. The largest absolute Gasteiger partial charge is 0.444 e. The highest BCUT2D eigenvalue weighted by Crippen LogP contribution is 2.31. The second kappa shape index (κ2) is 10.0. The van der Waals surface area contributed by atoms with E-state index in [1.807, 2.05) is 0 Å². The van der Waals surface area contributed by atoms with Crippen molar-refractivity contribution in [1.82, 2.24) is 19.4 Å². The summed E-state index contributed by atoms with van der Waals surface area (Å²) in [5, 5.41) is 3.43. The average molecular weight is 538 g/mol. The van der Waals surface area contributed by atoms with Crippen LogP contribution in [0.2, 0.25) is 0 Å². The number of anilines is 2. The fraction of sp³-hybridized carbons (Fsp3) is 0.286. The molecule has 1 aliphatic rings. The van der Waals surface area contributed by atoms with Gasteiger partial charge in [0.1, 0.15) is 34.7 Å². The number of pyridine rings is 3. The maximum absolute atomic E-state index is 14.8. The first-order valence-electron chi connectivity index (χ1n) is 12.4. The van der Waals surface area contributed by atoms with E-state index >= 15 is 0 Å². The van der Waals surface area contributed by atoms with E-state index in [1.165, 1.54) is 39.9 Å². The molecule has 11 heteroatoms. The third-order valence-corrected chi connectivity index (χ3v) is 6.32. The Balaban J connectivity index is 1.62. The number of aromatic nitrogens is 3. The minimum Gasteiger partial charge on any atom is -0.444 e. The third-order valence-electron chi connectivity index (χ3n) is 6.32. The van der Waals surface area contributed by atoms with E-state index in [9.17, 15) is 22.8 Å². The fourth-order valence-electron chi connectivity index (χ4n) is 4.62. The van der Waals surface area contributed by atoms with Gasteiger partial charge < -0.3 is 19.5 Å².